The first-order chi connectivity index (χ1) is 40.8. The lowest BCUT2D eigenvalue weighted by Gasteiger charge is -2.37. The average molecular weight is 1070 g/mol. The minimum absolute atomic E-state index is 0.0550. The van der Waals surface area contributed by atoms with Crippen molar-refractivity contribution in [2.45, 2.75) is 113 Å². The second-order valence-corrected chi connectivity index (χ2v) is 26.6. The highest BCUT2D eigenvalue weighted by Crippen LogP contribution is 2.63. The summed E-state index contributed by atoms with van der Waals surface area (Å²) in [6.45, 7) is 7.57. The van der Waals surface area contributed by atoms with Crippen molar-refractivity contribution < 1.29 is 0 Å². The SMILES string of the molecule is CC12CCCC1c1cc(-c3ccc4c5cc6c(cc5c5cccc3c54)c3ccc(-c4ccc5c(c4)C4CCCC4(C)N5c4ccccc4)c4c(-c5ccc7c(c5)C5CCCC5(C)N7c5ccccc5)ccc6c43)ccc1N2c1ccccc1. The average Bonchev–Trinajstić information content (AvgIpc) is 1.99. The van der Waals surface area contributed by atoms with Crippen LogP contribution in [0.25, 0.3) is 98.0 Å². The normalized spacial score (nSPS) is 24.1. The molecule has 19 rings (SSSR count). The van der Waals surface area contributed by atoms with E-state index in [-0.39, 0.29) is 16.6 Å². The Morgan fingerprint density at radius 2 is 0.639 bits per heavy atom. The second-order valence-electron chi connectivity index (χ2n) is 26.6. The van der Waals surface area contributed by atoms with E-state index in [0.717, 1.165) is 0 Å². The third-order valence-corrected chi connectivity index (χ3v) is 22.7. The van der Waals surface area contributed by atoms with Gasteiger partial charge in [-0.15, -0.1) is 0 Å². The van der Waals surface area contributed by atoms with Crippen molar-refractivity contribution in [3.8, 4) is 33.4 Å². The largest absolute Gasteiger partial charge is 0.335 e. The highest BCUT2D eigenvalue weighted by molar-refractivity contribution is 6.39. The van der Waals surface area contributed by atoms with Gasteiger partial charge in [-0.25, -0.2) is 0 Å². The first-order valence-corrected chi connectivity index (χ1v) is 31.1. The summed E-state index contributed by atoms with van der Waals surface area (Å²) in [5, 5.41) is 16.3. The summed E-state index contributed by atoms with van der Waals surface area (Å²) in [7, 11) is 0. The standard InChI is InChI=1S/C80H65N3/c1-78-40-14-25-69(78)66-43-48(28-37-72(66)81(78)51-17-7-4-8-18-51)54-31-34-59-63-47-65-61-36-33-56(50-30-39-74-68(45-50)71-27-16-42-80(71,3)83(74)53-21-11-6-12-22-53)76-55(32-35-60(77(61)76)64(65)46-62(63)58-24-13-23-57(54)75(58)59)49-29-38-73-67(44-49)70-26-15-41-79(70,2)82(73)52-19-9-5-10-20-52/h4-13,17-24,28-39,43-47,69-71H,14-16,25-27,40-42H2,1-3H3. The second kappa shape index (κ2) is 16.5. The van der Waals surface area contributed by atoms with Gasteiger partial charge >= 0.3 is 0 Å². The highest BCUT2D eigenvalue weighted by atomic mass is 15.3. The van der Waals surface area contributed by atoms with E-state index in [2.05, 4.69) is 248 Å². The van der Waals surface area contributed by atoms with Crippen molar-refractivity contribution >= 4 is 98.8 Å². The van der Waals surface area contributed by atoms with Crippen molar-refractivity contribution in [1.82, 2.24) is 0 Å². The van der Waals surface area contributed by atoms with Crippen molar-refractivity contribution in [3.05, 3.63) is 229 Å². The van der Waals surface area contributed by atoms with Gasteiger partial charge in [-0.1, -0.05) is 147 Å². The van der Waals surface area contributed by atoms with Gasteiger partial charge < -0.3 is 14.7 Å². The number of para-hydroxylation sites is 3. The Bertz CT molecular complexity index is 4660. The predicted molar refractivity (Wildman–Crippen MR) is 351 cm³/mol. The molecule has 83 heavy (non-hydrogen) atoms. The molecule has 6 aliphatic rings. The number of fused-ring (bicyclic) bond motifs is 15. The zero-order chi connectivity index (χ0) is 54.7. The van der Waals surface area contributed by atoms with Crippen LogP contribution in [0, 0.1) is 0 Å². The maximum absolute atomic E-state index is 2.69. The van der Waals surface area contributed by atoms with Gasteiger partial charge in [0.2, 0.25) is 0 Å². The molecule has 13 aromatic carbocycles. The molecule has 0 aromatic heterocycles. The molecule has 3 nitrogen and oxygen atoms in total. The number of rotatable bonds is 6. The van der Waals surface area contributed by atoms with Crippen LogP contribution in [0.3, 0.4) is 0 Å². The molecule has 0 bridgehead atoms. The van der Waals surface area contributed by atoms with E-state index in [1.807, 2.05) is 0 Å². The molecule has 13 aromatic rings. The Kier molecular flexibility index (Phi) is 9.34. The molecular formula is C80H65N3. The quantitative estimate of drug-likeness (QED) is 0.164. The van der Waals surface area contributed by atoms with Crippen molar-refractivity contribution in [3.63, 3.8) is 0 Å². The van der Waals surface area contributed by atoms with Crippen LogP contribution in [-0.2, 0) is 0 Å². The number of hydrogen-bond donors (Lipinski definition) is 0. The van der Waals surface area contributed by atoms with Gasteiger partial charge in [0.25, 0.3) is 0 Å². The lowest BCUT2D eigenvalue weighted by atomic mass is 9.84. The van der Waals surface area contributed by atoms with E-state index in [4.69, 9.17) is 0 Å². The number of nitrogens with zero attached hydrogens (tertiary/aromatic N) is 3. The van der Waals surface area contributed by atoms with E-state index in [0.29, 0.717) is 17.8 Å². The summed E-state index contributed by atoms with van der Waals surface area (Å²) >= 11 is 0. The van der Waals surface area contributed by atoms with Gasteiger partial charge in [-0.3, -0.25) is 0 Å². The molecule has 0 N–H and O–H groups in total. The van der Waals surface area contributed by atoms with Gasteiger partial charge in [-0.05, 0) is 259 Å². The lowest BCUT2D eigenvalue weighted by Crippen LogP contribution is -2.40. The van der Waals surface area contributed by atoms with E-state index in [1.165, 1.54) is 207 Å². The first kappa shape index (κ1) is 46.9. The molecule has 3 heterocycles. The Labute approximate surface area is 486 Å². The summed E-state index contributed by atoms with van der Waals surface area (Å²) < 4.78 is 0. The zero-order valence-corrected chi connectivity index (χ0v) is 47.6. The molecule has 3 saturated carbocycles. The minimum Gasteiger partial charge on any atom is -0.335 e. The third kappa shape index (κ3) is 6.05. The molecule has 3 heteroatoms. The maximum atomic E-state index is 2.69. The van der Waals surface area contributed by atoms with E-state index >= 15 is 0 Å². The van der Waals surface area contributed by atoms with Crippen LogP contribution in [0.15, 0.2) is 212 Å². The third-order valence-electron chi connectivity index (χ3n) is 22.7. The van der Waals surface area contributed by atoms with E-state index in [9.17, 15) is 0 Å². The van der Waals surface area contributed by atoms with E-state index < -0.39 is 0 Å². The van der Waals surface area contributed by atoms with Crippen LogP contribution in [0.5, 0.6) is 0 Å². The van der Waals surface area contributed by atoms with Crippen molar-refractivity contribution in [1.29, 1.82) is 0 Å². The lowest BCUT2D eigenvalue weighted by molar-refractivity contribution is 0.451. The molecule has 0 radical (unpaired) electrons. The monoisotopic (exact) mass is 1070 g/mol. The molecule has 6 unspecified atom stereocenters. The fourth-order valence-electron chi connectivity index (χ4n) is 19.2. The van der Waals surface area contributed by atoms with Gasteiger partial charge in [0.05, 0.1) is 0 Å². The Morgan fingerprint density at radius 1 is 0.289 bits per heavy atom. The zero-order valence-electron chi connectivity index (χ0n) is 47.6. The topological polar surface area (TPSA) is 9.72 Å². The summed E-state index contributed by atoms with van der Waals surface area (Å²) in [6, 6.07) is 83.0. The Morgan fingerprint density at radius 3 is 1.05 bits per heavy atom. The van der Waals surface area contributed by atoms with Crippen LogP contribution in [-0.4, -0.2) is 16.6 Å². The van der Waals surface area contributed by atoms with Crippen LogP contribution < -0.4 is 14.7 Å². The molecule has 3 aliphatic heterocycles. The van der Waals surface area contributed by atoms with Crippen LogP contribution in [0.1, 0.15) is 113 Å². The summed E-state index contributed by atoms with van der Waals surface area (Å²) in [4.78, 5) is 8.05. The summed E-state index contributed by atoms with van der Waals surface area (Å²) in [5.41, 5.74) is 20.7. The van der Waals surface area contributed by atoms with Crippen LogP contribution in [0.2, 0.25) is 0 Å². The van der Waals surface area contributed by atoms with Crippen molar-refractivity contribution in [2.24, 2.45) is 0 Å². The molecule has 0 amide bonds. The fraction of sp³-hybridized carbons (Fsp3) is 0.225. The Hall–Kier alpha value is -8.66. The summed E-state index contributed by atoms with van der Waals surface area (Å²) in [5.74, 6) is 1.48. The molecular weight excluding hydrogens is 1000 g/mol. The molecule has 400 valence electrons. The highest BCUT2D eigenvalue weighted by Gasteiger charge is 2.54. The first-order valence-electron chi connectivity index (χ1n) is 31.1. The van der Waals surface area contributed by atoms with Crippen LogP contribution in [0.4, 0.5) is 34.1 Å². The van der Waals surface area contributed by atoms with Gasteiger partial charge in [0, 0.05) is 68.5 Å². The van der Waals surface area contributed by atoms with Crippen LogP contribution >= 0.6 is 0 Å². The van der Waals surface area contributed by atoms with E-state index in [1.54, 1.807) is 0 Å². The van der Waals surface area contributed by atoms with Gasteiger partial charge in [-0.2, -0.15) is 0 Å². The molecule has 3 aliphatic carbocycles. The van der Waals surface area contributed by atoms with Gasteiger partial charge in [0.1, 0.15) is 0 Å². The maximum Gasteiger partial charge on any atom is 0.0492 e. The number of anilines is 6. The summed E-state index contributed by atoms with van der Waals surface area (Å²) in [6.07, 6.45) is 11.1. The van der Waals surface area contributed by atoms with Gasteiger partial charge in [0.15, 0.2) is 0 Å². The minimum atomic E-state index is 0.0550. The number of benzene rings is 11. The number of hydrogen-bond acceptors (Lipinski definition) is 3. The molecule has 6 atom stereocenters. The molecule has 0 saturated heterocycles. The molecule has 3 fully saturated rings. The smallest absolute Gasteiger partial charge is 0.0492 e. The Balaban J connectivity index is 0.804. The van der Waals surface area contributed by atoms with Crippen molar-refractivity contribution in [2.75, 3.05) is 14.7 Å². The predicted octanol–water partition coefficient (Wildman–Crippen LogP) is 22.0. The molecule has 0 spiro atoms. The fourth-order valence-corrected chi connectivity index (χ4v) is 19.2.